The molecule has 3 rings (SSSR count). The number of ether oxygens (including phenoxy) is 1. The van der Waals surface area contributed by atoms with Crippen molar-refractivity contribution < 1.29 is 19.4 Å². The van der Waals surface area contributed by atoms with Crippen molar-refractivity contribution in [1.82, 2.24) is 14.8 Å². The Hall–Kier alpha value is -2.45. The molecule has 1 aliphatic heterocycles. The Morgan fingerprint density at radius 2 is 2.07 bits per heavy atom. The second kappa shape index (κ2) is 7.66. The van der Waals surface area contributed by atoms with Gasteiger partial charge in [-0.3, -0.25) is 4.79 Å². The second-order valence-corrected chi connectivity index (χ2v) is 7.00. The lowest BCUT2D eigenvalue weighted by Gasteiger charge is -2.22. The van der Waals surface area contributed by atoms with Gasteiger partial charge in [0, 0.05) is 31.3 Å². The lowest BCUT2D eigenvalue weighted by Crippen LogP contribution is -2.48. The maximum Gasteiger partial charge on any atom is 0.345 e. The summed E-state index contributed by atoms with van der Waals surface area (Å²) in [5.74, 6) is -0.600. The number of nitrogens with zero attached hydrogens (tertiary/aromatic N) is 3. The molecule has 2 heterocycles. The van der Waals surface area contributed by atoms with Crippen molar-refractivity contribution in [2.24, 2.45) is 0 Å². The number of carbonyl (C=O) groups excluding carboxylic acids is 1. The molecule has 8 nitrogen and oxygen atoms in total. The zero-order valence-corrected chi connectivity index (χ0v) is 15.9. The first-order valence-electron chi connectivity index (χ1n) is 8.69. The highest BCUT2D eigenvalue weighted by molar-refractivity contribution is 6.33. The van der Waals surface area contributed by atoms with Crippen LogP contribution < -0.4 is 5.32 Å². The highest BCUT2D eigenvalue weighted by Gasteiger charge is 2.41. The first-order valence-corrected chi connectivity index (χ1v) is 9.06. The zero-order chi connectivity index (χ0) is 19.6. The Labute approximate surface area is 161 Å². The van der Waals surface area contributed by atoms with E-state index in [1.807, 2.05) is 0 Å². The molecule has 2 aromatic rings. The Kier molecular flexibility index (Phi) is 5.48. The van der Waals surface area contributed by atoms with E-state index in [1.54, 1.807) is 18.2 Å². The van der Waals surface area contributed by atoms with Crippen molar-refractivity contribution in [1.29, 1.82) is 0 Å². The normalized spacial score (nSPS) is 16.1. The number of nitrogens with one attached hydrogen (secondary N) is 1. The molecule has 1 amide bonds. The maximum absolute atomic E-state index is 12.4. The van der Waals surface area contributed by atoms with Crippen molar-refractivity contribution in [2.45, 2.75) is 44.8 Å². The summed E-state index contributed by atoms with van der Waals surface area (Å²) in [5, 5.41) is 20.9. The highest BCUT2D eigenvalue weighted by atomic mass is 35.5. The smallest absolute Gasteiger partial charge is 0.345 e. The van der Waals surface area contributed by atoms with Gasteiger partial charge in [0.2, 0.25) is 5.60 Å². The number of carboxylic acids is 1. The first-order chi connectivity index (χ1) is 12.9. The van der Waals surface area contributed by atoms with Crippen molar-refractivity contribution in [2.75, 3.05) is 12.4 Å². The SMILES string of the molecule is COC(C)(C(=O)O)C(=O)Nc1ccc(Cl)c(-c2nnc3n2CCCCC3)c1. The predicted octanol–water partition coefficient (Wildman–Crippen LogP) is 2.75. The van der Waals surface area contributed by atoms with Crippen LogP contribution in [0.5, 0.6) is 0 Å². The minimum atomic E-state index is -1.99. The van der Waals surface area contributed by atoms with Crippen LogP contribution in [0, 0.1) is 0 Å². The van der Waals surface area contributed by atoms with Gasteiger partial charge in [0.05, 0.1) is 5.02 Å². The first kappa shape index (κ1) is 19.3. The van der Waals surface area contributed by atoms with Crippen LogP contribution in [0.1, 0.15) is 32.0 Å². The molecule has 1 unspecified atom stereocenters. The Balaban J connectivity index is 1.93. The Morgan fingerprint density at radius 3 is 2.78 bits per heavy atom. The summed E-state index contributed by atoms with van der Waals surface area (Å²) in [6, 6.07) is 4.90. The Bertz CT molecular complexity index is 882. The highest BCUT2D eigenvalue weighted by Crippen LogP contribution is 2.31. The van der Waals surface area contributed by atoms with E-state index >= 15 is 0 Å². The fraction of sp³-hybridized carbons (Fsp3) is 0.444. The van der Waals surface area contributed by atoms with Gasteiger partial charge >= 0.3 is 5.97 Å². The van der Waals surface area contributed by atoms with Crippen molar-refractivity contribution >= 4 is 29.2 Å². The number of hydrogen-bond donors (Lipinski definition) is 2. The Morgan fingerprint density at radius 1 is 1.30 bits per heavy atom. The van der Waals surface area contributed by atoms with Crippen LogP contribution in [0.2, 0.25) is 5.02 Å². The van der Waals surface area contributed by atoms with Gasteiger partial charge in [-0.1, -0.05) is 18.0 Å². The van der Waals surface area contributed by atoms with E-state index in [0.29, 0.717) is 22.1 Å². The summed E-state index contributed by atoms with van der Waals surface area (Å²) in [5.41, 5.74) is -0.967. The quantitative estimate of drug-likeness (QED) is 0.758. The molecule has 0 spiro atoms. The summed E-state index contributed by atoms with van der Waals surface area (Å²) < 4.78 is 6.94. The predicted molar refractivity (Wildman–Crippen MR) is 99.7 cm³/mol. The molecule has 0 bridgehead atoms. The number of aromatic nitrogens is 3. The van der Waals surface area contributed by atoms with E-state index in [2.05, 4.69) is 20.1 Å². The van der Waals surface area contributed by atoms with Crippen LogP contribution in [-0.2, 0) is 27.3 Å². The number of carbonyl (C=O) groups is 2. The van der Waals surface area contributed by atoms with Crippen molar-refractivity contribution in [3.8, 4) is 11.4 Å². The lowest BCUT2D eigenvalue weighted by molar-refractivity contribution is -0.165. The van der Waals surface area contributed by atoms with Crippen LogP contribution >= 0.6 is 11.6 Å². The van der Waals surface area contributed by atoms with E-state index in [9.17, 15) is 14.7 Å². The fourth-order valence-electron chi connectivity index (χ4n) is 2.99. The van der Waals surface area contributed by atoms with Gasteiger partial charge in [0.15, 0.2) is 5.82 Å². The number of anilines is 1. The number of rotatable bonds is 5. The topological polar surface area (TPSA) is 106 Å². The maximum atomic E-state index is 12.4. The number of benzene rings is 1. The monoisotopic (exact) mass is 392 g/mol. The fourth-order valence-corrected chi connectivity index (χ4v) is 3.19. The summed E-state index contributed by atoms with van der Waals surface area (Å²) in [7, 11) is 1.17. The van der Waals surface area contributed by atoms with Gasteiger partial charge in [-0.05, 0) is 38.0 Å². The zero-order valence-electron chi connectivity index (χ0n) is 15.2. The van der Waals surface area contributed by atoms with E-state index < -0.39 is 17.5 Å². The largest absolute Gasteiger partial charge is 0.479 e. The average molecular weight is 393 g/mol. The molecule has 1 aromatic heterocycles. The standard InChI is InChI=1S/C18H21ClN4O4/c1-18(27-2,17(25)26)16(24)20-11-7-8-13(19)12(10-11)15-22-21-14-6-4-3-5-9-23(14)15/h7-8,10H,3-6,9H2,1-2H3,(H,20,24)(H,25,26). The number of aliphatic carboxylic acids is 1. The summed E-state index contributed by atoms with van der Waals surface area (Å²) in [6.07, 6.45) is 4.12. The van der Waals surface area contributed by atoms with Crippen LogP contribution in [0.15, 0.2) is 18.2 Å². The lowest BCUT2D eigenvalue weighted by atomic mass is 10.1. The third kappa shape index (κ3) is 3.68. The van der Waals surface area contributed by atoms with Gasteiger partial charge in [0.1, 0.15) is 5.82 Å². The van der Waals surface area contributed by atoms with E-state index in [-0.39, 0.29) is 0 Å². The minimum absolute atomic E-state index is 0.398. The van der Waals surface area contributed by atoms with E-state index in [0.717, 1.165) is 38.1 Å². The third-order valence-electron chi connectivity index (χ3n) is 4.82. The van der Waals surface area contributed by atoms with Crippen molar-refractivity contribution in [3.63, 3.8) is 0 Å². The summed E-state index contributed by atoms with van der Waals surface area (Å²) >= 11 is 6.36. The van der Waals surface area contributed by atoms with Gasteiger partial charge in [-0.25, -0.2) is 4.79 Å². The van der Waals surface area contributed by atoms with Crippen LogP contribution in [0.4, 0.5) is 5.69 Å². The molecule has 144 valence electrons. The molecule has 1 atom stereocenters. The molecule has 27 heavy (non-hydrogen) atoms. The second-order valence-electron chi connectivity index (χ2n) is 6.59. The minimum Gasteiger partial charge on any atom is -0.479 e. The number of carboxylic acid groups (broad SMARTS) is 1. The molecular formula is C18H21ClN4O4. The van der Waals surface area contributed by atoms with Gasteiger partial charge in [-0.15, -0.1) is 10.2 Å². The molecular weight excluding hydrogens is 372 g/mol. The van der Waals surface area contributed by atoms with Gasteiger partial charge in [0.25, 0.3) is 5.91 Å². The van der Waals surface area contributed by atoms with Gasteiger partial charge < -0.3 is 19.7 Å². The number of halogens is 1. The molecule has 1 aromatic carbocycles. The number of fused-ring (bicyclic) bond motifs is 1. The van der Waals surface area contributed by atoms with E-state index in [4.69, 9.17) is 16.3 Å². The van der Waals surface area contributed by atoms with Gasteiger partial charge in [-0.2, -0.15) is 0 Å². The third-order valence-corrected chi connectivity index (χ3v) is 5.15. The van der Waals surface area contributed by atoms with Crippen LogP contribution in [-0.4, -0.2) is 44.5 Å². The molecule has 0 radical (unpaired) electrons. The molecule has 0 saturated carbocycles. The summed E-state index contributed by atoms with van der Waals surface area (Å²) in [6.45, 7) is 2.01. The van der Waals surface area contributed by atoms with Crippen molar-refractivity contribution in [3.05, 3.63) is 29.0 Å². The molecule has 2 N–H and O–H groups in total. The number of amides is 1. The number of methoxy groups -OCH3 is 1. The number of hydrogen-bond acceptors (Lipinski definition) is 5. The number of aryl methyl sites for hydroxylation is 1. The summed E-state index contributed by atoms with van der Waals surface area (Å²) in [4.78, 5) is 23.7. The van der Waals surface area contributed by atoms with Crippen LogP contribution in [0.25, 0.3) is 11.4 Å². The molecule has 0 fully saturated rings. The van der Waals surface area contributed by atoms with Crippen LogP contribution in [0.3, 0.4) is 0 Å². The molecule has 9 heteroatoms. The average Bonchev–Trinajstić information content (AvgIpc) is 2.90. The molecule has 0 saturated heterocycles. The van der Waals surface area contributed by atoms with E-state index in [1.165, 1.54) is 14.0 Å². The molecule has 0 aliphatic carbocycles. The molecule has 1 aliphatic rings.